The zero-order valence-electron chi connectivity index (χ0n) is 8.90. The third-order valence-corrected chi connectivity index (χ3v) is 2.42. The summed E-state index contributed by atoms with van der Waals surface area (Å²) in [6, 6.07) is 7.93. The highest BCUT2D eigenvalue weighted by molar-refractivity contribution is 7.71. The molecule has 0 radical (unpaired) electrons. The molecule has 0 amide bonds. The van der Waals surface area contributed by atoms with Crippen LogP contribution in [-0.2, 0) is 12.8 Å². The van der Waals surface area contributed by atoms with E-state index < -0.39 is 0 Å². The van der Waals surface area contributed by atoms with Crippen LogP contribution < -0.4 is 4.74 Å². The maximum atomic E-state index is 5.18. The Morgan fingerprint density at radius 1 is 1.44 bits per heavy atom. The summed E-state index contributed by atoms with van der Waals surface area (Å²) < 4.78 is 10.3. The van der Waals surface area contributed by atoms with E-state index in [1.54, 1.807) is 7.11 Å². The van der Waals surface area contributed by atoms with E-state index in [0.717, 1.165) is 18.6 Å². The van der Waals surface area contributed by atoms with Crippen molar-refractivity contribution in [2.75, 3.05) is 7.11 Å². The van der Waals surface area contributed by atoms with Crippen molar-refractivity contribution >= 4 is 12.2 Å². The second-order valence-corrected chi connectivity index (χ2v) is 3.73. The molecule has 0 unspecified atom stereocenters. The molecule has 0 bridgehead atoms. The summed E-state index contributed by atoms with van der Waals surface area (Å²) in [5.41, 5.74) is 1.18. The molecule has 0 saturated heterocycles. The molecule has 0 saturated carbocycles. The number of methoxy groups -OCH3 is 1. The molecule has 84 valence electrons. The van der Waals surface area contributed by atoms with Gasteiger partial charge in [-0.1, -0.05) is 12.1 Å². The summed E-state index contributed by atoms with van der Waals surface area (Å²) >= 11 is 4.80. The predicted octanol–water partition coefficient (Wildman–Crippen LogP) is 2.53. The summed E-state index contributed by atoms with van der Waals surface area (Å²) in [4.78, 5) is 0.320. The van der Waals surface area contributed by atoms with Crippen LogP contribution in [-0.4, -0.2) is 17.3 Å². The highest BCUT2D eigenvalue weighted by Gasteiger charge is 2.01. The van der Waals surface area contributed by atoms with Gasteiger partial charge in [-0.3, -0.25) is 0 Å². The number of nitrogens with one attached hydrogen (secondary N) is 1. The number of aromatic nitrogens is 2. The van der Waals surface area contributed by atoms with Crippen molar-refractivity contribution in [2.45, 2.75) is 12.8 Å². The number of rotatable bonds is 4. The smallest absolute Gasteiger partial charge is 0.284 e. The standard InChI is InChI=1S/C11H12N2O2S/c1-14-9-4-2-3-8(7-9)5-6-10-12-13-11(16)15-10/h2-4,7H,5-6H2,1H3,(H,13,16). The van der Waals surface area contributed by atoms with Crippen molar-refractivity contribution in [2.24, 2.45) is 0 Å². The van der Waals surface area contributed by atoms with Crippen LogP contribution in [0.5, 0.6) is 5.75 Å². The molecule has 2 rings (SSSR count). The molecule has 0 spiro atoms. The van der Waals surface area contributed by atoms with E-state index in [1.807, 2.05) is 24.3 Å². The fourth-order valence-corrected chi connectivity index (χ4v) is 1.59. The summed E-state index contributed by atoms with van der Waals surface area (Å²) in [5, 5.41) is 6.55. The Balaban J connectivity index is 2.01. The van der Waals surface area contributed by atoms with Crippen molar-refractivity contribution in [3.8, 4) is 5.75 Å². The number of benzene rings is 1. The summed E-state index contributed by atoms with van der Waals surface area (Å²) in [6.07, 6.45) is 1.57. The van der Waals surface area contributed by atoms with Crippen molar-refractivity contribution < 1.29 is 9.15 Å². The quantitative estimate of drug-likeness (QED) is 0.829. The number of aromatic amines is 1. The van der Waals surface area contributed by atoms with Crippen LogP contribution in [0.3, 0.4) is 0 Å². The van der Waals surface area contributed by atoms with E-state index in [2.05, 4.69) is 10.2 Å². The molecule has 1 N–H and O–H groups in total. The Morgan fingerprint density at radius 2 is 2.31 bits per heavy atom. The molecule has 0 atom stereocenters. The minimum absolute atomic E-state index is 0.320. The molecule has 1 aromatic heterocycles. The van der Waals surface area contributed by atoms with Gasteiger partial charge in [0.1, 0.15) is 5.75 Å². The first-order valence-electron chi connectivity index (χ1n) is 4.95. The van der Waals surface area contributed by atoms with E-state index in [9.17, 15) is 0 Å². The van der Waals surface area contributed by atoms with Gasteiger partial charge in [0.25, 0.3) is 4.84 Å². The Morgan fingerprint density at radius 3 is 3.00 bits per heavy atom. The van der Waals surface area contributed by atoms with Crippen LogP contribution in [0.15, 0.2) is 28.7 Å². The Hall–Kier alpha value is -1.62. The van der Waals surface area contributed by atoms with Gasteiger partial charge in [-0.15, -0.1) is 5.10 Å². The van der Waals surface area contributed by atoms with Crippen molar-refractivity contribution in [3.63, 3.8) is 0 Å². The van der Waals surface area contributed by atoms with Crippen LogP contribution in [0.4, 0.5) is 0 Å². The first-order valence-corrected chi connectivity index (χ1v) is 5.36. The van der Waals surface area contributed by atoms with Gasteiger partial charge in [0.15, 0.2) is 0 Å². The summed E-state index contributed by atoms with van der Waals surface area (Å²) in [6.45, 7) is 0. The lowest BCUT2D eigenvalue weighted by Crippen LogP contribution is -1.92. The first-order chi connectivity index (χ1) is 7.78. The number of nitrogens with zero attached hydrogens (tertiary/aromatic N) is 1. The average molecular weight is 236 g/mol. The lowest BCUT2D eigenvalue weighted by Gasteiger charge is -2.02. The lowest BCUT2D eigenvalue weighted by molar-refractivity contribution is 0.414. The van der Waals surface area contributed by atoms with Gasteiger partial charge < -0.3 is 9.15 Å². The molecule has 0 fully saturated rings. The molecule has 0 aliphatic carbocycles. The first kappa shape index (κ1) is 10.9. The van der Waals surface area contributed by atoms with Gasteiger partial charge >= 0.3 is 0 Å². The summed E-state index contributed by atoms with van der Waals surface area (Å²) in [5.74, 6) is 1.49. The number of hydrogen-bond donors (Lipinski definition) is 1. The molecule has 2 aromatic rings. The number of H-pyrrole nitrogens is 1. The topological polar surface area (TPSA) is 51.0 Å². The van der Waals surface area contributed by atoms with Gasteiger partial charge in [0, 0.05) is 6.42 Å². The molecule has 0 aliphatic rings. The molecule has 4 nitrogen and oxygen atoms in total. The van der Waals surface area contributed by atoms with Gasteiger partial charge in [0.2, 0.25) is 5.89 Å². The Bertz CT molecular complexity index is 518. The molecule has 16 heavy (non-hydrogen) atoms. The van der Waals surface area contributed by atoms with Gasteiger partial charge in [-0.05, 0) is 36.3 Å². The van der Waals surface area contributed by atoms with E-state index in [-0.39, 0.29) is 0 Å². The fraction of sp³-hybridized carbons (Fsp3) is 0.273. The zero-order valence-corrected chi connectivity index (χ0v) is 9.71. The van der Waals surface area contributed by atoms with E-state index in [4.69, 9.17) is 21.4 Å². The van der Waals surface area contributed by atoms with Crippen LogP contribution in [0.1, 0.15) is 11.5 Å². The second-order valence-electron chi connectivity index (χ2n) is 3.36. The predicted molar refractivity (Wildman–Crippen MR) is 62.1 cm³/mol. The molecule has 5 heteroatoms. The van der Waals surface area contributed by atoms with Crippen molar-refractivity contribution in [1.29, 1.82) is 0 Å². The minimum atomic E-state index is 0.320. The SMILES string of the molecule is COc1cccc(CCc2n[nH]c(=S)o2)c1. The maximum absolute atomic E-state index is 5.18. The third kappa shape index (κ3) is 2.70. The maximum Gasteiger partial charge on any atom is 0.284 e. The third-order valence-electron chi connectivity index (χ3n) is 2.24. The normalized spacial score (nSPS) is 10.3. The molecule has 1 aromatic carbocycles. The monoisotopic (exact) mass is 236 g/mol. The average Bonchev–Trinajstić information content (AvgIpc) is 2.73. The van der Waals surface area contributed by atoms with Gasteiger partial charge in [-0.25, -0.2) is 5.10 Å². The van der Waals surface area contributed by atoms with Crippen LogP contribution in [0.2, 0.25) is 0 Å². The van der Waals surface area contributed by atoms with Gasteiger partial charge in [-0.2, -0.15) is 0 Å². The fourth-order valence-electron chi connectivity index (χ4n) is 1.45. The van der Waals surface area contributed by atoms with E-state index in [0.29, 0.717) is 10.7 Å². The van der Waals surface area contributed by atoms with Crippen LogP contribution >= 0.6 is 12.2 Å². The second kappa shape index (κ2) is 4.94. The summed E-state index contributed by atoms with van der Waals surface area (Å²) in [7, 11) is 1.66. The van der Waals surface area contributed by atoms with Crippen molar-refractivity contribution in [1.82, 2.24) is 10.2 Å². The lowest BCUT2D eigenvalue weighted by atomic mass is 10.1. The molecular formula is C11H12N2O2S. The molecule has 1 heterocycles. The zero-order chi connectivity index (χ0) is 11.4. The molecular weight excluding hydrogens is 224 g/mol. The number of aryl methyl sites for hydroxylation is 2. The van der Waals surface area contributed by atoms with Gasteiger partial charge in [0.05, 0.1) is 7.11 Å². The Kier molecular flexibility index (Phi) is 3.36. The van der Waals surface area contributed by atoms with Crippen LogP contribution in [0.25, 0.3) is 0 Å². The van der Waals surface area contributed by atoms with Crippen molar-refractivity contribution in [3.05, 3.63) is 40.6 Å². The highest BCUT2D eigenvalue weighted by Crippen LogP contribution is 2.14. The highest BCUT2D eigenvalue weighted by atomic mass is 32.1. The number of ether oxygens (including phenoxy) is 1. The van der Waals surface area contributed by atoms with E-state index >= 15 is 0 Å². The van der Waals surface area contributed by atoms with E-state index in [1.165, 1.54) is 5.56 Å². The minimum Gasteiger partial charge on any atom is -0.497 e. The Labute approximate surface area is 98.3 Å². The largest absolute Gasteiger partial charge is 0.497 e. The van der Waals surface area contributed by atoms with Crippen LogP contribution in [0, 0.1) is 4.84 Å². The number of hydrogen-bond acceptors (Lipinski definition) is 4. The molecule has 0 aliphatic heterocycles.